The van der Waals surface area contributed by atoms with E-state index in [1.807, 2.05) is 0 Å². The molecule has 86 valence electrons. The van der Waals surface area contributed by atoms with Crippen LogP contribution in [-0.2, 0) is 0 Å². The van der Waals surface area contributed by atoms with Gasteiger partial charge in [-0.2, -0.15) is 0 Å². The Morgan fingerprint density at radius 2 is 1.57 bits per heavy atom. The molecule has 0 heterocycles. The van der Waals surface area contributed by atoms with Crippen molar-refractivity contribution in [2.45, 2.75) is 40.0 Å². The molecular weight excluding hydrogens is 172 g/mol. The van der Waals surface area contributed by atoms with Gasteiger partial charge in [-0.05, 0) is 58.4 Å². The van der Waals surface area contributed by atoms with E-state index in [1.54, 1.807) is 0 Å². The average Bonchev–Trinajstić information content (AvgIpc) is 2.00. The smallest absolute Gasteiger partial charge is 0.00127 e. The van der Waals surface area contributed by atoms with Crippen LogP contribution in [0.3, 0.4) is 0 Å². The maximum Gasteiger partial charge on any atom is -0.00127 e. The minimum Gasteiger partial charge on any atom is -0.317 e. The monoisotopic (exact) mass is 200 g/mol. The van der Waals surface area contributed by atoms with Gasteiger partial charge in [-0.3, -0.25) is 0 Å². The maximum atomic E-state index is 3.49. The van der Waals surface area contributed by atoms with Crippen molar-refractivity contribution in [2.75, 3.05) is 33.7 Å². The lowest BCUT2D eigenvalue weighted by Gasteiger charge is -2.17. The van der Waals surface area contributed by atoms with Gasteiger partial charge in [0.15, 0.2) is 0 Å². The van der Waals surface area contributed by atoms with Crippen LogP contribution in [0.15, 0.2) is 0 Å². The summed E-state index contributed by atoms with van der Waals surface area (Å²) in [5.41, 5.74) is 0.491. The van der Waals surface area contributed by atoms with Crippen molar-refractivity contribution in [1.82, 2.24) is 10.2 Å². The standard InChI is InChI=1S/C12H28N2/c1-12(2,3)8-6-9-13-10-7-11-14(4)5/h13H,6-11H2,1-5H3. The fraction of sp³-hybridized carbons (Fsp3) is 1.00. The largest absolute Gasteiger partial charge is 0.317 e. The second-order valence-corrected chi connectivity index (χ2v) is 5.57. The molecule has 0 aromatic heterocycles. The molecule has 0 aliphatic heterocycles. The Morgan fingerprint density at radius 3 is 2.07 bits per heavy atom. The van der Waals surface area contributed by atoms with Gasteiger partial charge < -0.3 is 10.2 Å². The highest BCUT2D eigenvalue weighted by molar-refractivity contribution is 4.62. The van der Waals surface area contributed by atoms with Crippen molar-refractivity contribution < 1.29 is 0 Å². The van der Waals surface area contributed by atoms with Crippen molar-refractivity contribution in [3.8, 4) is 0 Å². The van der Waals surface area contributed by atoms with Gasteiger partial charge in [-0.25, -0.2) is 0 Å². The van der Waals surface area contributed by atoms with Crippen LogP contribution >= 0.6 is 0 Å². The highest BCUT2D eigenvalue weighted by Gasteiger charge is 2.08. The fourth-order valence-corrected chi connectivity index (χ4v) is 1.39. The topological polar surface area (TPSA) is 15.3 Å². The molecule has 1 N–H and O–H groups in total. The zero-order valence-electron chi connectivity index (χ0n) is 10.7. The summed E-state index contributed by atoms with van der Waals surface area (Å²) in [5, 5.41) is 3.49. The third-order valence-corrected chi connectivity index (χ3v) is 2.24. The van der Waals surface area contributed by atoms with Crippen LogP contribution in [0.4, 0.5) is 0 Å². The first-order chi connectivity index (χ1) is 6.42. The Kier molecular flexibility index (Phi) is 7.20. The van der Waals surface area contributed by atoms with E-state index < -0.39 is 0 Å². The van der Waals surface area contributed by atoms with Gasteiger partial charge >= 0.3 is 0 Å². The first-order valence-electron chi connectivity index (χ1n) is 5.77. The molecule has 2 nitrogen and oxygen atoms in total. The summed E-state index contributed by atoms with van der Waals surface area (Å²) in [7, 11) is 4.25. The van der Waals surface area contributed by atoms with Gasteiger partial charge in [-0.15, -0.1) is 0 Å². The Morgan fingerprint density at radius 1 is 1.00 bits per heavy atom. The summed E-state index contributed by atoms with van der Waals surface area (Å²) in [6.45, 7) is 10.4. The van der Waals surface area contributed by atoms with Crippen LogP contribution in [0.1, 0.15) is 40.0 Å². The summed E-state index contributed by atoms with van der Waals surface area (Å²) in [5.74, 6) is 0. The molecular formula is C12H28N2. The molecule has 0 rings (SSSR count). The molecule has 0 unspecified atom stereocenters. The predicted molar refractivity (Wildman–Crippen MR) is 64.7 cm³/mol. The second kappa shape index (κ2) is 7.24. The van der Waals surface area contributed by atoms with Gasteiger partial charge in [-0.1, -0.05) is 20.8 Å². The Bertz CT molecular complexity index is 125. The van der Waals surface area contributed by atoms with Crippen LogP contribution < -0.4 is 5.32 Å². The molecule has 0 aromatic carbocycles. The van der Waals surface area contributed by atoms with Crippen molar-refractivity contribution in [3.63, 3.8) is 0 Å². The zero-order chi connectivity index (χ0) is 11.0. The number of nitrogens with zero attached hydrogens (tertiary/aromatic N) is 1. The lowest BCUT2D eigenvalue weighted by molar-refractivity contribution is 0.357. The summed E-state index contributed by atoms with van der Waals surface area (Å²) in [6.07, 6.45) is 3.86. The molecule has 14 heavy (non-hydrogen) atoms. The molecule has 0 radical (unpaired) electrons. The quantitative estimate of drug-likeness (QED) is 0.635. The van der Waals surface area contributed by atoms with E-state index in [1.165, 1.54) is 32.4 Å². The molecule has 0 atom stereocenters. The molecule has 0 saturated carbocycles. The zero-order valence-corrected chi connectivity index (χ0v) is 10.7. The van der Waals surface area contributed by atoms with Crippen molar-refractivity contribution in [2.24, 2.45) is 5.41 Å². The Labute approximate surface area is 90.1 Å². The normalized spacial score (nSPS) is 12.4. The highest BCUT2D eigenvalue weighted by atomic mass is 15.0. The lowest BCUT2D eigenvalue weighted by Crippen LogP contribution is -2.22. The van der Waals surface area contributed by atoms with Crippen LogP contribution in [0.25, 0.3) is 0 Å². The first-order valence-corrected chi connectivity index (χ1v) is 5.77. The van der Waals surface area contributed by atoms with Crippen LogP contribution in [-0.4, -0.2) is 38.6 Å². The van der Waals surface area contributed by atoms with Crippen LogP contribution in [0.5, 0.6) is 0 Å². The number of hydrogen-bond acceptors (Lipinski definition) is 2. The van der Waals surface area contributed by atoms with Crippen molar-refractivity contribution >= 4 is 0 Å². The lowest BCUT2D eigenvalue weighted by atomic mass is 9.91. The number of nitrogens with one attached hydrogen (secondary N) is 1. The Balaban J connectivity index is 3.07. The highest BCUT2D eigenvalue weighted by Crippen LogP contribution is 2.19. The van der Waals surface area contributed by atoms with Gasteiger partial charge in [0.05, 0.1) is 0 Å². The van der Waals surface area contributed by atoms with E-state index in [9.17, 15) is 0 Å². The average molecular weight is 200 g/mol. The molecule has 0 aliphatic carbocycles. The van der Waals surface area contributed by atoms with E-state index in [4.69, 9.17) is 0 Å². The fourth-order valence-electron chi connectivity index (χ4n) is 1.39. The molecule has 0 bridgehead atoms. The third kappa shape index (κ3) is 11.9. The molecule has 2 heteroatoms. The van der Waals surface area contributed by atoms with E-state index in [0.717, 1.165) is 6.54 Å². The minimum atomic E-state index is 0.491. The summed E-state index contributed by atoms with van der Waals surface area (Å²) in [6, 6.07) is 0. The van der Waals surface area contributed by atoms with E-state index >= 15 is 0 Å². The minimum absolute atomic E-state index is 0.491. The summed E-state index contributed by atoms with van der Waals surface area (Å²) in [4.78, 5) is 2.23. The molecule has 0 fully saturated rings. The first kappa shape index (κ1) is 13.9. The van der Waals surface area contributed by atoms with Gasteiger partial charge in [0.2, 0.25) is 0 Å². The van der Waals surface area contributed by atoms with Gasteiger partial charge in [0.25, 0.3) is 0 Å². The molecule has 0 saturated heterocycles. The van der Waals surface area contributed by atoms with E-state index in [-0.39, 0.29) is 0 Å². The van der Waals surface area contributed by atoms with E-state index in [0.29, 0.717) is 5.41 Å². The molecule has 0 aromatic rings. The summed E-state index contributed by atoms with van der Waals surface area (Å²) < 4.78 is 0. The van der Waals surface area contributed by atoms with Crippen LogP contribution in [0, 0.1) is 5.41 Å². The molecule has 0 aliphatic rings. The van der Waals surface area contributed by atoms with Gasteiger partial charge in [0, 0.05) is 0 Å². The van der Waals surface area contributed by atoms with Crippen molar-refractivity contribution in [1.29, 1.82) is 0 Å². The van der Waals surface area contributed by atoms with Crippen molar-refractivity contribution in [3.05, 3.63) is 0 Å². The molecule has 0 amide bonds. The number of hydrogen-bond donors (Lipinski definition) is 1. The van der Waals surface area contributed by atoms with E-state index in [2.05, 4.69) is 45.1 Å². The van der Waals surface area contributed by atoms with Crippen LogP contribution in [0.2, 0.25) is 0 Å². The SMILES string of the molecule is CN(C)CCCNCCCC(C)(C)C. The maximum absolute atomic E-state index is 3.49. The number of rotatable bonds is 7. The molecule has 0 spiro atoms. The Hall–Kier alpha value is -0.0800. The second-order valence-electron chi connectivity index (χ2n) is 5.57. The van der Waals surface area contributed by atoms with Gasteiger partial charge in [0.1, 0.15) is 0 Å². The summed E-state index contributed by atoms with van der Waals surface area (Å²) >= 11 is 0. The third-order valence-electron chi connectivity index (χ3n) is 2.24. The predicted octanol–water partition coefficient (Wildman–Crippen LogP) is 2.35.